The zero-order valence-corrected chi connectivity index (χ0v) is 11.6. The number of fused-ring (bicyclic) bond motifs is 1. The van der Waals surface area contributed by atoms with Crippen LogP contribution in [0.5, 0.6) is 0 Å². The molecule has 0 spiro atoms. The van der Waals surface area contributed by atoms with Gasteiger partial charge in [-0.15, -0.1) is 0 Å². The van der Waals surface area contributed by atoms with Crippen LogP contribution in [0.4, 0.5) is 0 Å². The van der Waals surface area contributed by atoms with Crippen LogP contribution in [0.15, 0.2) is 65.2 Å². The van der Waals surface area contributed by atoms with Crippen LogP contribution in [-0.4, -0.2) is 19.3 Å². The molecule has 1 heterocycles. The fourth-order valence-electron chi connectivity index (χ4n) is 2.16. The Kier molecular flexibility index (Phi) is 3.03. The molecule has 0 unspecified atom stereocenters. The lowest BCUT2D eigenvalue weighted by molar-refractivity contribution is 0.102. The molecular weight excluding hydrogens is 290 g/mol. The highest BCUT2D eigenvalue weighted by molar-refractivity contribution is 7.90. The monoisotopic (exact) mass is 301 g/mol. The van der Waals surface area contributed by atoms with Crippen molar-refractivity contribution < 1.29 is 18.3 Å². The van der Waals surface area contributed by atoms with Crippen LogP contribution in [0, 0.1) is 0 Å². The van der Waals surface area contributed by atoms with Gasteiger partial charge in [0.2, 0.25) is 5.78 Å². The molecule has 0 fully saturated rings. The summed E-state index contributed by atoms with van der Waals surface area (Å²) in [5.74, 6) is -0.944. The van der Waals surface area contributed by atoms with Crippen LogP contribution in [-0.2, 0) is 10.0 Å². The van der Waals surface area contributed by atoms with Gasteiger partial charge in [-0.3, -0.25) is 9.52 Å². The van der Waals surface area contributed by atoms with E-state index in [1.807, 2.05) is 0 Å². The number of sulfonamides is 1. The lowest BCUT2D eigenvalue weighted by Gasteiger charge is -2.20. The minimum absolute atomic E-state index is 0.0498. The Morgan fingerprint density at radius 2 is 1.57 bits per heavy atom. The maximum atomic E-state index is 12.4. The summed E-state index contributed by atoms with van der Waals surface area (Å²) < 4.78 is 26.5. The van der Waals surface area contributed by atoms with Crippen molar-refractivity contribution in [1.82, 2.24) is 4.72 Å². The number of benzene rings is 2. The minimum atomic E-state index is -3.87. The van der Waals surface area contributed by atoms with Crippen molar-refractivity contribution in [3.8, 4) is 0 Å². The van der Waals surface area contributed by atoms with Gasteiger partial charge in [0, 0.05) is 11.1 Å². The first-order chi connectivity index (χ1) is 10.0. The maximum absolute atomic E-state index is 12.4. The van der Waals surface area contributed by atoms with E-state index in [2.05, 4.69) is 4.72 Å². The molecule has 5 nitrogen and oxygen atoms in total. The molecular formula is C15H11NO4S. The first kappa shape index (κ1) is 13.4. The summed E-state index contributed by atoms with van der Waals surface area (Å²) in [5, 5.41) is 10.2. The summed E-state index contributed by atoms with van der Waals surface area (Å²) in [6, 6.07) is 14.2. The van der Waals surface area contributed by atoms with Crippen LogP contribution in [0.2, 0.25) is 0 Å². The van der Waals surface area contributed by atoms with E-state index in [0.29, 0.717) is 5.56 Å². The molecule has 3 rings (SSSR count). The predicted octanol–water partition coefficient (Wildman–Crippen LogP) is 2.09. The molecule has 0 saturated heterocycles. The molecule has 0 radical (unpaired) electrons. The number of hydrogen-bond donors (Lipinski definition) is 2. The number of rotatable bonds is 1. The van der Waals surface area contributed by atoms with E-state index in [4.69, 9.17) is 0 Å². The Balaban J connectivity index is 2.23. The van der Waals surface area contributed by atoms with Crippen LogP contribution in [0.25, 0.3) is 5.76 Å². The number of Topliss-reactive ketones (excluding diaryl/α,β-unsaturated/α-hetero) is 1. The number of hydrogen-bond acceptors (Lipinski definition) is 4. The first-order valence-electron chi connectivity index (χ1n) is 6.16. The predicted molar refractivity (Wildman–Crippen MR) is 77.1 cm³/mol. The molecule has 0 aliphatic carbocycles. The Labute approximate surface area is 121 Å². The average molecular weight is 301 g/mol. The topological polar surface area (TPSA) is 83.5 Å². The number of carbonyl (C=O) groups excluding carboxylic acids is 1. The molecule has 1 aliphatic heterocycles. The minimum Gasteiger partial charge on any atom is -0.505 e. The second-order valence-electron chi connectivity index (χ2n) is 4.52. The van der Waals surface area contributed by atoms with Crippen molar-refractivity contribution >= 4 is 21.6 Å². The van der Waals surface area contributed by atoms with Gasteiger partial charge < -0.3 is 5.11 Å². The zero-order chi connectivity index (χ0) is 15.0. The van der Waals surface area contributed by atoms with E-state index in [-0.39, 0.29) is 16.2 Å². The molecule has 1 aliphatic rings. The zero-order valence-electron chi connectivity index (χ0n) is 10.8. The van der Waals surface area contributed by atoms with Crippen LogP contribution >= 0.6 is 0 Å². The van der Waals surface area contributed by atoms with E-state index in [1.54, 1.807) is 36.4 Å². The quantitative estimate of drug-likeness (QED) is 0.624. The van der Waals surface area contributed by atoms with Crippen molar-refractivity contribution in [3.05, 3.63) is 71.4 Å². The van der Waals surface area contributed by atoms with Crippen LogP contribution < -0.4 is 4.72 Å². The largest absolute Gasteiger partial charge is 0.505 e. The van der Waals surface area contributed by atoms with Gasteiger partial charge in [-0.2, -0.15) is 0 Å². The SMILES string of the molecule is O=C1/C(=C(\O)c2ccccc2)NS(=O)(=O)c2ccccc21. The van der Waals surface area contributed by atoms with Crippen molar-refractivity contribution in [2.45, 2.75) is 4.90 Å². The van der Waals surface area contributed by atoms with E-state index < -0.39 is 21.6 Å². The fourth-order valence-corrected chi connectivity index (χ4v) is 3.43. The molecule has 6 heteroatoms. The standard InChI is InChI=1S/C15H11NO4S/c17-14(10-6-2-1-3-7-10)13-15(18)11-8-4-5-9-12(11)21(19,20)16-13/h1-9,16-17H/b14-13+. The highest BCUT2D eigenvalue weighted by atomic mass is 32.2. The molecule has 0 aromatic heterocycles. The first-order valence-corrected chi connectivity index (χ1v) is 7.64. The molecule has 0 atom stereocenters. The Bertz CT molecular complexity index is 854. The van der Waals surface area contributed by atoms with E-state index in [1.165, 1.54) is 18.2 Å². The van der Waals surface area contributed by atoms with Gasteiger partial charge in [0.15, 0.2) is 5.76 Å². The molecule has 2 N–H and O–H groups in total. The van der Waals surface area contributed by atoms with Crippen molar-refractivity contribution in [2.75, 3.05) is 0 Å². The second-order valence-corrected chi connectivity index (χ2v) is 6.17. The van der Waals surface area contributed by atoms with E-state index in [9.17, 15) is 18.3 Å². The second kappa shape index (κ2) is 4.75. The van der Waals surface area contributed by atoms with Crippen molar-refractivity contribution in [2.24, 2.45) is 0 Å². The molecule has 21 heavy (non-hydrogen) atoms. The summed E-state index contributed by atoms with van der Waals surface area (Å²) in [6.45, 7) is 0. The lowest BCUT2D eigenvalue weighted by Crippen LogP contribution is -2.35. The highest BCUT2D eigenvalue weighted by Gasteiger charge is 2.34. The van der Waals surface area contributed by atoms with Crippen molar-refractivity contribution in [1.29, 1.82) is 0 Å². The third kappa shape index (κ3) is 2.19. The van der Waals surface area contributed by atoms with Crippen LogP contribution in [0.1, 0.15) is 15.9 Å². The van der Waals surface area contributed by atoms with Gasteiger partial charge in [-0.1, -0.05) is 42.5 Å². The molecule has 0 bridgehead atoms. The molecule has 106 valence electrons. The lowest BCUT2D eigenvalue weighted by atomic mass is 10.0. The fraction of sp³-hybridized carbons (Fsp3) is 0. The Hall–Kier alpha value is -2.60. The number of nitrogens with one attached hydrogen (secondary N) is 1. The molecule has 0 saturated carbocycles. The van der Waals surface area contributed by atoms with Crippen molar-refractivity contribution in [3.63, 3.8) is 0 Å². The Morgan fingerprint density at radius 3 is 2.29 bits per heavy atom. The average Bonchev–Trinajstić information content (AvgIpc) is 2.51. The van der Waals surface area contributed by atoms with E-state index >= 15 is 0 Å². The summed E-state index contributed by atoms with van der Waals surface area (Å²) in [6.07, 6.45) is 0. The Morgan fingerprint density at radius 1 is 0.952 bits per heavy atom. The number of aliphatic hydroxyl groups excluding tert-OH is 1. The van der Waals surface area contributed by atoms with Gasteiger partial charge in [-0.05, 0) is 12.1 Å². The summed E-state index contributed by atoms with van der Waals surface area (Å²) in [7, 11) is -3.87. The molecule has 0 amide bonds. The molecule has 2 aromatic rings. The van der Waals surface area contributed by atoms with E-state index in [0.717, 1.165) is 0 Å². The summed E-state index contributed by atoms with van der Waals surface area (Å²) in [5.41, 5.74) is 0.0802. The summed E-state index contributed by atoms with van der Waals surface area (Å²) in [4.78, 5) is 12.3. The number of carbonyl (C=O) groups is 1. The highest BCUT2D eigenvalue weighted by Crippen LogP contribution is 2.27. The normalized spacial score (nSPS) is 18.6. The van der Waals surface area contributed by atoms with Gasteiger partial charge in [0.05, 0.1) is 4.90 Å². The number of allylic oxidation sites excluding steroid dienone is 1. The smallest absolute Gasteiger partial charge is 0.262 e. The van der Waals surface area contributed by atoms with Gasteiger partial charge in [0.1, 0.15) is 5.70 Å². The third-order valence-electron chi connectivity index (χ3n) is 3.17. The van der Waals surface area contributed by atoms with Gasteiger partial charge >= 0.3 is 0 Å². The van der Waals surface area contributed by atoms with Gasteiger partial charge in [-0.25, -0.2) is 8.42 Å². The third-order valence-corrected chi connectivity index (χ3v) is 4.58. The van der Waals surface area contributed by atoms with Crippen LogP contribution in [0.3, 0.4) is 0 Å². The molecule has 2 aromatic carbocycles. The number of aliphatic hydroxyl groups is 1. The van der Waals surface area contributed by atoms with Gasteiger partial charge in [0.25, 0.3) is 10.0 Å². The maximum Gasteiger partial charge on any atom is 0.262 e. The summed E-state index contributed by atoms with van der Waals surface area (Å²) >= 11 is 0. The number of ketones is 1.